The lowest BCUT2D eigenvalue weighted by atomic mass is 9.95. The summed E-state index contributed by atoms with van der Waals surface area (Å²) in [6, 6.07) is 12.6. The summed E-state index contributed by atoms with van der Waals surface area (Å²) in [5.41, 5.74) is 2.13. The third kappa shape index (κ3) is 8.45. The van der Waals surface area contributed by atoms with Crippen LogP contribution < -0.4 is 15.4 Å². The summed E-state index contributed by atoms with van der Waals surface area (Å²) in [5, 5.41) is 5.51. The number of aryl methyl sites for hydroxylation is 1. The minimum Gasteiger partial charge on any atom is -0.497 e. The standard InChI is InChI=1S/C29H37N3O5S/c1-9-32(27(34)24(17-18-38-8)31-28(35)37-29(4,5)6)25(23-12-10-11-19(2)20(23)3)26(33)30-21-13-15-22(36-7)16-14-21/h1,10-16,24-25H,17-18H2,2-8H3,(H,30,33)(H,31,35). The van der Waals surface area contributed by atoms with Crippen LogP contribution in [0.5, 0.6) is 5.75 Å². The van der Waals surface area contributed by atoms with Gasteiger partial charge in [-0.05, 0) is 94.0 Å². The summed E-state index contributed by atoms with van der Waals surface area (Å²) in [6.45, 7) is 9.00. The molecule has 0 aliphatic heterocycles. The van der Waals surface area contributed by atoms with Gasteiger partial charge in [0.1, 0.15) is 23.4 Å². The van der Waals surface area contributed by atoms with Crippen molar-refractivity contribution in [1.29, 1.82) is 0 Å². The monoisotopic (exact) mass is 539 g/mol. The van der Waals surface area contributed by atoms with Crippen molar-refractivity contribution in [2.24, 2.45) is 0 Å². The number of nitrogens with one attached hydrogen (secondary N) is 2. The van der Waals surface area contributed by atoms with E-state index in [1.807, 2.05) is 32.2 Å². The van der Waals surface area contributed by atoms with Gasteiger partial charge in [0, 0.05) is 11.7 Å². The molecule has 0 aromatic heterocycles. The normalized spacial score (nSPS) is 12.5. The number of hydrogen-bond donors (Lipinski definition) is 2. The molecule has 38 heavy (non-hydrogen) atoms. The van der Waals surface area contributed by atoms with E-state index in [-0.39, 0.29) is 0 Å². The molecule has 8 nitrogen and oxygen atoms in total. The van der Waals surface area contributed by atoms with Gasteiger partial charge in [0.2, 0.25) is 0 Å². The van der Waals surface area contributed by atoms with Gasteiger partial charge in [-0.25, -0.2) is 4.79 Å². The van der Waals surface area contributed by atoms with Crippen LogP contribution >= 0.6 is 11.8 Å². The van der Waals surface area contributed by atoms with E-state index in [1.54, 1.807) is 58.2 Å². The molecule has 204 valence electrons. The first-order chi connectivity index (χ1) is 17.9. The Kier molecular flexibility index (Phi) is 11.1. The highest BCUT2D eigenvalue weighted by atomic mass is 32.2. The SMILES string of the molecule is C#CN(C(=O)C(CCSC)NC(=O)OC(C)(C)C)C(C(=O)Nc1ccc(OC)cc1)c1cccc(C)c1C. The van der Waals surface area contributed by atoms with E-state index in [2.05, 4.69) is 16.7 Å². The maximum absolute atomic E-state index is 13.8. The Morgan fingerprint density at radius 2 is 1.76 bits per heavy atom. The Morgan fingerprint density at radius 1 is 1.11 bits per heavy atom. The van der Waals surface area contributed by atoms with E-state index in [0.29, 0.717) is 29.2 Å². The molecule has 2 aromatic rings. The fourth-order valence-corrected chi connectivity index (χ4v) is 4.20. The second-order valence-corrected chi connectivity index (χ2v) is 10.7. The van der Waals surface area contributed by atoms with E-state index in [9.17, 15) is 14.4 Å². The smallest absolute Gasteiger partial charge is 0.408 e. The van der Waals surface area contributed by atoms with Gasteiger partial charge in [-0.15, -0.1) is 0 Å². The van der Waals surface area contributed by atoms with Gasteiger partial charge in [-0.2, -0.15) is 11.8 Å². The van der Waals surface area contributed by atoms with Crippen LogP contribution in [-0.4, -0.2) is 53.6 Å². The van der Waals surface area contributed by atoms with Gasteiger partial charge < -0.3 is 20.1 Å². The van der Waals surface area contributed by atoms with Crippen LogP contribution in [0.25, 0.3) is 0 Å². The Labute approximate surface area is 229 Å². The van der Waals surface area contributed by atoms with Crippen molar-refractivity contribution in [3.05, 3.63) is 59.2 Å². The van der Waals surface area contributed by atoms with Crippen LogP contribution in [0.3, 0.4) is 0 Å². The molecule has 0 saturated heterocycles. The average molecular weight is 540 g/mol. The molecule has 2 aromatic carbocycles. The molecule has 0 aliphatic rings. The summed E-state index contributed by atoms with van der Waals surface area (Å²) < 4.78 is 10.6. The van der Waals surface area contributed by atoms with Crippen LogP contribution in [0.1, 0.15) is 49.9 Å². The highest BCUT2D eigenvalue weighted by Gasteiger charge is 2.36. The highest BCUT2D eigenvalue weighted by Crippen LogP contribution is 2.29. The van der Waals surface area contributed by atoms with Crippen LogP contribution in [0.4, 0.5) is 10.5 Å². The van der Waals surface area contributed by atoms with Crippen LogP contribution in [0, 0.1) is 26.3 Å². The number of anilines is 1. The van der Waals surface area contributed by atoms with Crippen molar-refractivity contribution in [1.82, 2.24) is 10.2 Å². The first-order valence-electron chi connectivity index (χ1n) is 12.2. The van der Waals surface area contributed by atoms with E-state index in [4.69, 9.17) is 15.9 Å². The molecule has 9 heteroatoms. The van der Waals surface area contributed by atoms with Crippen molar-refractivity contribution >= 4 is 35.4 Å². The number of terminal acetylenes is 1. The minimum atomic E-state index is -1.15. The van der Waals surface area contributed by atoms with Crippen molar-refractivity contribution < 1.29 is 23.9 Å². The molecule has 0 fully saturated rings. The second-order valence-electron chi connectivity index (χ2n) is 9.73. The van der Waals surface area contributed by atoms with Gasteiger partial charge in [-0.3, -0.25) is 14.5 Å². The molecule has 0 heterocycles. The zero-order valence-corrected chi connectivity index (χ0v) is 23.9. The highest BCUT2D eigenvalue weighted by molar-refractivity contribution is 7.98. The van der Waals surface area contributed by atoms with E-state index >= 15 is 0 Å². The molecule has 2 rings (SSSR count). The number of rotatable bonds is 10. The van der Waals surface area contributed by atoms with E-state index < -0.39 is 35.6 Å². The number of carbonyl (C=O) groups excluding carboxylic acids is 3. The molecule has 0 radical (unpaired) electrons. The summed E-state index contributed by atoms with van der Waals surface area (Å²) in [7, 11) is 1.55. The number of benzene rings is 2. The Hall–Kier alpha value is -3.64. The first-order valence-corrected chi connectivity index (χ1v) is 13.6. The van der Waals surface area contributed by atoms with Gasteiger partial charge in [0.05, 0.1) is 7.11 Å². The molecule has 2 atom stereocenters. The zero-order valence-electron chi connectivity index (χ0n) is 23.1. The largest absolute Gasteiger partial charge is 0.497 e. The molecule has 0 spiro atoms. The van der Waals surface area contributed by atoms with Gasteiger partial charge in [0.15, 0.2) is 0 Å². The lowest BCUT2D eigenvalue weighted by Crippen LogP contribution is -2.51. The topological polar surface area (TPSA) is 97.0 Å². The van der Waals surface area contributed by atoms with Crippen molar-refractivity contribution in [2.45, 2.75) is 58.7 Å². The molecule has 3 amide bonds. The number of thioether (sulfide) groups is 1. The number of carbonyl (C=O) groups is 3. The number of alkyl carbamates (subject to hydrolysis) is 1. The van der Waals surface area contributed by atoms with Crippen molar-refractivity contribution in [3.8, 4) is 18.2 Å². The second kappa shape index (κ2) is 13.8. The maximum atomic E-state index is 13.8. The van der Waals surface area contributed by atoms with Gasteiger partial charge in [-0.1, -0.05) is 24.6 Å². The van der Waals surface area contributed by atoms with Crippen molar-refractivity contribution in [2.75, 3.05) is 24.4 Å². The predicted octanol–water partition coefficient (Wildman–Crippen LogP) is 5.06. The van der Waals surface area contributed by atoms with Crippen LogP contribution in [0.15, 0.2) is 42.5 Å². The summed E-state index contributed by atoms with van der Waals surface area (Å²) in [6.07, 6.45) is 7.34. The average Bonchev–Trinajstić information content (AvgIpc) is 2.86. The number of nitrogens with zero attached hydrogens (tertiary/aromatic N) is 1. The third-order valence-electron chi connectivity index (χ3n) is 5.78. The number of ether oxygens (including phenoxy) is 2. The fraction of sp³-hybridized carbons (Fsp3) is 0.414. The molecule has 0 aliphatic carbocycles. The summed E-state index contributed by atoms with van der Waals surface area (Å²) in [4.78, 5) is 41.2. The Balaban J connectivity index is 2.49. The predicted molar refractivity (Wildman–Crippen MR) is 152 cm³/mol. The lowest BCUT2D eigenvalue weighted by Gasteiger charge is -2.31. The van der Waals surface area contributed by atoms with Gasteiger partial charge in [0.25, 0.3) is 11.8 Å². The number of methoxy groups -OCH3 is 1. The first kappa shape index (κ1) is 30.6. The van der Waals surface area contributed by atoms with Crippen LogP contribution in [0.2, 0.25) is 0 Å². The lowest BCUT2D eigenvalue weighted by molar-refractivity contribution is -0.136. The zero-order chi connectivity index (χ0) is 28.5. The molecule has 0 saturated carbocycles. The maximum Gasteiger partial charge on any atom is 0.408 e. The molecule has 0 bridgehead atoms. The van der Waals surface area contributed by atoms with Crippen LogP contribution in [-0.2, 0) is 14.3 Å². The molecule has 2 N–H and O–H groups in total. The van der Waals surface area contributed by atoms with E-state index in [0.717, 1.165) is 16.0 Å². The third-order valence-corrected chi connectivity index (χ3v) is 6.43. The quantitative estimate of drug-likeness (QED) is 0.324. The molecular weight excluding hydrogens is 502 g/mol. The van der Waals surface area contributed by atoms with Gasteiger partial charge >= 0.3 is 6.09 Å². The van der Waals surface area contributed by atoms with E-state index in [1.165, 1.54) is 11.8 Å². The summed E-state index contributed by atoms with van der Waals surface area (Å²) >= 11 is 1.52. The Morgan fingerprint density at radius 3 is 2.32 bits per heavy atom. The minimum absolute atomic E-state index is 0.303. The molecular formula is C29H37N3O5S. The fourth-order valence-electron chi connectivity index (χ4n) is 3.73. The summed E-state index contributed by atoms with van der Waals surface area (Å²) in [5.74, 6) is 0.148. The number of hydrogen-bond acceptors (Lipinski definition) is 6. The molecule has 2 unspecified atom stereocenters. The Bertz CT molecular complexity index is 1170. The number of amides is 3. The van der Waals surface area contributed by atoms with Crippen molar-refractivity contribution in [3.63, 3.8) is 0 Å².